The van der Waals surface area contributed by atoms with E-state index in [0.29, 0.717) is 29.7 Å². The molecule has 7 nitrogen and oxygen atoms in total. The van der Waals surface area contributed by atoms with Crippen LogP contribution in [-0.4, -0.2) is 28.2 Å². The Bertz CT molecular complexity index is 969. The molecule has 2 aromatic carbocycles. The van der Waals surface area contributed by atoms with Gasteiger partial charge in [0.1, 0.15) is 18.1 Å². The Balaban J connectivity index is 1.81. The van der Waals surface area contributed by atoms with E-state index < -0.39 is 6.16 Å². The maximum atomic E-state index is 10.7. The molecule has 146 valence electrons. The summed E-state index contributed by atoms with van der Waals surface area (Å²) < 4.78 is 17.6. The second-order valence-electron chi connectivity index (χ2n) is 6.04. The Morgan fingerprint density at radius 2 is 1.93 bits per heavy atom. The number of nitrogens with zero attached hydrogens (tertiary/aromatic N) is 2. The van der Waals surface area contributed by atoms with Crippen LogP contribution in [0.4, 0.5) is 4.79 Å². The molecule has 0 atom stereocenters. The lowest BCUT2D eigenvalue weighted by Gasteiger charge is -2.14. The van der Waals surface area contributed by atoms with E-state index in [0.717, 1.165) is 16.8 Å². The van der Waals surface area contributed by atoms with Gasteiger partial charge in [-0.2, -0.15) is 0 Å². The predicted molar refractivity (Wildman–Crippen MR) is 103 cm³/mol. The summed E-state index contributed by atoms with van der Waals surface area (Å²) in [5, 5.41) is 13.6. The lowest BCUT2D eigenvalue weighted by molar-refractivity contribution is 0.142. The van der Waals surface area contributed by atoms with Crippen LogP contribution in [0, 0.1) is 6.92 Å². The molecule has 0 bridgehead atoms. The number of hydrogen-bond acceptors (Lipinski definition) is 5. The number of ether oxygens (including phenoxy) is 3. The summed E-state index contributed by atoms with van der Waals surface area (Å²) >= 11 is 5.91. The van der Waals surface area contributed by atoms with Crippen molar-refractivity contribution >= 4 is 17.8 Å². The molecule has 1 N–H and O–H groups in total. The zero-order chi connectivity index (χ0) is 20.1. The third-order valence-corrected chi connectivity index (χ3v) is 4.30. The second-order valence-corrected chi connectivity index (χ2v) is 6.47. The van der Waals surface area contributed by atoms with Gasteiger partial charge in [0.25, 0.3) is 0 Å². The first-order valence-corrected chi connectivity index (χ1v) is 8.82. The molecule has 0 saturated heterocycles. The zero-order valence-electron chi connectivity index (χ0n) is 15.4. The topological polar surface area (TPSA) is 82.8 Å². The van der Waals surface area contributed by atoms with Gasteiger partial charge in [0.15, 0.2) is 0 Å². The van der Waals surface area contributed by atoms with Crippen molar-refractivity contribution in [2.75, 3.05) is 7.11 Å². The Labute approximate surface area is 167 Å². The lowest BCUT2D eigenvalue weighted by atomic mass is 10.1. The highest BCUT2D eigenvalue weighted by atomic mass is 35.5. The van der Waals surface area contributed by atoms with Crippen molar-refractivity contribution in [1.82, 2.24) is 9.78 Å². The Hall–Kier alpha value is -3.19. The van der Waals surface area contributed by atoms with Gasteiger partial charge in [-0.05, 0) is 42.8 Å². The van der Waals surface area contributed by atoms with Crippen molar-refractivity contribution in [2.45, 2.75) is 20.1 Å². The van der Waals surface area contributed by atoms with Crippen LogP contribution in [0.5, 0.6) is 17.4 Å². The predicted octanol–water partition coefficient (Wildman–Crippen LogP) is 4.54. The van der Waals surface area contributed by atoms with Gasteiger partial charge in [0, 0.05) is 22.3 Å². The van der Waals surface area contributed by atoms with E-state index in [1.807, 2.05) is 49.4 Å². The SMILES string of the molecule is COc1ccc(OCc2ccc(Cl)cc2)c(Cn2nc(OC(=O)O)cc2C)c1. The van der Waals surface area contributed by atoms with E-state index in [9.17, 15) is 4.79 Å². The van der Waals surface area contributed by atoms with E-state index in [1.165, 1.54) is 0 Å². The van der Waals surface area contributed by atoms with Crippen LogP contribution in [0.15, 0.2) is 48.5 Å². The van der Waals surface area contributed by atoms with Gasteiger partial charge in [0.2, 0.25) is 5.88 Å². The van der Waals surface area contributed by atoms with E-state index >= 15 is 0 Å². The average Bonchev–Trinajstić information content (AvgIpc) is 3.00. The van der Waals surface area contributed by atoms with Gasteiger partial charge in [-0.1, -0.05) is 23.7 Å². The summed E-state index contributed by atoms with van der Waals surface area (Å²) in [5.41, 5.74) is 2.57. The molecule has 28 heavy (non-hydrogen) atoms. The van der Waals surface area contributed by atoms with Gasteiger partial charge in [-0.15, -0.1) is 5.10 Å². The molecule has 0 radical (unpaired) electrons. The fraction of sp³-hybridized carbons (Fsp3) is 0.200. The van der Waals surface area contributed by atoms with Crippen molar-refractivity contribution < 1.29 is 24.1 Å². The normalized spacial score (nSPS) is 10.5. The number of aryl methyl sites for hydroxylation is 1. The summed E-state index contributed by atoms with van der Waals surface area (Å²) in [6, 6.07) is 14.5. The van der Waals surface area contributed by atoms with Crippen LogP contribution >= 0.6 is 11.6 Å². The van der Waals surface area contributed by atoms with Crippen molar-refractivity contribution in [2.24, 2.45) is 0 Å². The highest BCUT2D eigenvalue weighted by Gasteiger charge is 2.13. The Morgan fingerprint density at radius 3 is 2.61 bits per heavy atom. The quantitative estimate of drug-likeness (QED) is 0.584. The maximum absolute atomic E-state index is 10.7. The minimum atomic E-state index is -1.40. The molecule has 0 aliphatic carbocycles. The molecule has 0 fully saturated rings. The summed E-state index contributed by atoms with van der Waals surface area (Å²) in [4.78, 5) is 10.7. The number of hydrogen-bond donors (Lipinski definition) is 1. The number of halogens is 1. The molecule has 8 heteroatoms. The molecule has 0 spiro atoms. The third kappa shape index (κ3) is 4.95. The monoisotopic (exact) mass is 402 g/mol. The standard InChI is InChI=1S/C20H19ClN2O5/c1-13-9-19(28-20(24)25)22-23(13)11-15-10-17(26-2)7-8-18(15)27-12-14-3-5-16(21)6-4-14/h3-10H,11-12H2,1-2H3,(H,24,25). The Morgan fingerprint density at radius 1 is 1.18 bits per heavy atom. The van der Waals surface area contributed by atoms with Crippen molar-refractivity contribution in [3.63, 3.8) is 0 Å². The van der Waals surface area contributed by atoms with Gasteiger partial charge in [0.05, 0.1) is 13.7 Å². The summed E-state index contributed by atoms with van der Waals surface area (Å²) in [5.74, 6) is 1.38. The number of carbonyl (C=O) groups is 1. The largest absolute Gasteiger partial charge is 0.512 e. The molecular formula is C20H19ClN2O5. The first kappa shape index (κ1) is 19.6. The molecule has 0 aliphatic heterocycles. The minimum absolute atomic E-state index is 0.0246. The molecule has 0 saturated carbocycles. The van der Waals surface area contributed by atoms with E-state index in [-0.39, 0.29) is 5.88 Å². The van der Waals surface area contributed by atoms with Crippen molar-refractivity contribution in [3.8, 4) is 17.4 Å². The fourth-order valence-corrected chi connectivity index (χ4v) is 2.76. The number of carboxylic acid groups (broad SMARTS) is 1. The van der Waals surface area contributed by atoms with Crippen molar-refractivity contribution in [1.29, 1.82) is 0 Å². The number of methoxy groups -OCH3 is 1. The van der Waals surface area contributed by atoms with Crippen LogP contribution < -0.4 is 14.2 Å². The zero-order valence-corrected chi connectivity index (χ0v) is 16.1. The van der Waals surface area contributed by atoms with Gasteiger partial charge < -0.3 is 19.3 Å². The summed E-state index contributed by atoms with van der Waals surface area (Å²) in [6.45, 7) is 2.56. The van der Waals surface area contributed by atoms with Crippen LogP contribution in [-0.2, 0) is 13.2 Å². The molecule has 3 rings (SSSR count). The van der Waals surface area contributed by atoms with E-state index in [2.05, 4.69) is 9.84 Å². The molecule has 0 unspecified atom stereocenters. The maximum Gasteiger partial charge on any atom is 0.512 e. The van der Waals surface area contributed by atoms with Gasteiger partial charge in [-0.3, -0.25) is 4.68 Å². The lowest BCUT2D eigenvalue weighted by Crippen LogP contribution is -2.08. The average molecular weight is 403 g/mol. The molecule has 0 amide bonds. The summed E-state index contributed by atoms with van der Waals surface area (Å²) in [6.07, 6.45) is -1.40. The molecule has 1 heterocycles. The number of aromatic nitrogens is 2. The van der Waals surface area contributed by atoms with Crippen molar-refractivity contribution in [3.05, 3.63) is 70.4 Å². The van der Waals surface area contributed by atoms with Gasteiger partial charge in [-0.25, -0.2) is 4.79 Å². The fourth-order valence-electron chi connectivity index (χ4n) is 2.63. The first-order valence-electron chi connectivity index (χ1n) is 8.44. The smallest absolute Gasteiger partial charge is 0.497 e. The highest BCUT2D eigenvalue weighted by Crippen LogP contribution is 2.27. The third-order valence-electron chi connectivity index (χ3n) is 4.05. The second kappa shape index (κ2) is 8.67. The minimum Gasteiger partial charge on any atom is -0.497 e. The number of benzene rings is 2. The van der Waals surface area contributed by atoms with Crippen LogP contribution in [0.25, 0.3) is 0 Å². The Kier molecular flexibility index (Phi) is 6.06. The van der Waals surface area contributed by atoms with Crippen LogP contribution in [0.1, 0.15) is 16.8 Å². The highest BCUT2D eigenvalue weighted by molar-refractivity contribution is 6.30. The molecule has 3 aromatic rings. The summed E-state index contributed by atoms with van der Waals surface area (Å²) in [7, 11) is 1.59. The van der Waals surface area contributed by atoms with Crippen LogP contribution in [0.2, 0.25) is 5.02 Å². The molecule has 0 aliphatic rings. The molecular weight excluding hydrogens is 384 g/mol. The first-order chi connectivity index (χ1) is 13.4. The van der Waals surface area contributed by atoms with Gasteiger partial charge >= 0.3 is 6.16 Å². The van der Waals surface area contributed by atoms with E-state index in [4.69, 9.17) is 26.2 Å². The van der Waals surface area contributed by atoms with E-state index in [1.54, 1.807) is 17.9 Å². The molecule has 1 aromatic heterocycles. The number of rotatable bonds is 7. The van der Waals surface area contributed by atoms with Crippen LogP contribution in [0.3, 0.4) is 0 Å².